The van der Waals surface area contributed by atoms with Crippen molar-refractivity contribution < 1.29 is 9.59 Å². The lowest BCUT2D eigenvalue weighted by Gasteiger charge is -2.40. The summed E-state index contributed by atoms with van der Waals surface area (Å²) >= 11 is 0. The van der Waals surface area contributed by atoms with Gasteiger partial charge in [-0.15, -0.1) is 0 Å². The normalized spacial score (nSPS) is 21.2. The van der Waals surface area contributed by atoms with Crippen LogP contribution in [0.4, 0.5) is 0 Å². The molecule has 1 heterocycles. The number of likely N-dealkylation sites (tertiary alicyclic amines) is 1. The molecule has 0 bridgehead atoms. The van der Waals surface area contributed by atoms with E-state index in [9.17, 15) is 9.59 Å². The molecule has 0 aliphatic carbocycles. The van der Waals surface area contributed by atoms with Crippen LogP contribution in [0.3, 0.4) is 0 Å². The van der Waals surface area contributed by atoms with Crippen LogP contribution in [0.1, 0.15) is 18.1 Å². The van der Waals surface area contributed by atoms with Gasteiger partial charge in [-0.25, -0.2) is 0 Å². The Bertz CT molecular complexity index is 700. The average molecular weight is 337 g/mol. The second-order valence-electron chi connectivity index (χ2n) is 6.73. The predicted molar refractivity (Wildman–Crippen MR) is 96.3 cm³/mol. The SMILES string of the molecule is CC(c1ccccc1)(c1ccccc1)N1CC(C(N)=O)C(C(N)=O)C1. The van der Waals surface area contributed by atoms with Gasteiger partial charge in [-0.05, 0) is 18.1 Å². The first-order valence-electron chi connectivity index (χ1n) is 8.39. The Hall–Kier alpha value is -2.66. The quantitative estimate of drug-likeness (QED) is 0.866. The zero-order chi connectivity index (χ0) is 18.0. The molecule has 1 aliphatic heterocycles. The van der Waals surface area contributed by atoms with Gasteiger partial charge in [0.2, 0.25) is 11.8 Å². The van der Waals surface area contributed by atoms with Crippen molar-refractivity contribution >= 4 is 11.8 Å². The maximum atomic E-state index is 11.8. The summed E-state index contributed by atoms with van der Waals surface area (Å²) in [6.45, 7) is 2.92. The van der Waals surface area contributed by atoms with Gasteiger partial charge in [0.15, 0.2) is 0 Å². The van der Waals surface area contributed by atoms with Gasteiger partial charge in [0, 0.05) is 13.1 Å². The molecule has 2 aromatic rings. The van der Waals surface area contributed by atoms with E-state index in [-0.39, 0.29) is 0 Å². The number of benzene rings is 2. The molecule has 3 rings (SSSR count). The van der Waals surface area contributed by atoms with Crippen LogP contribution < -0.4 is 11.5 Å². The van der Waals surface area contributed by atoms with Gasteiger partial charge in [0.1, 0.15) is 0 Å². The van der Waals surface area contributed by atoms with Crippen LogP contribution in [0, 0.1) is 11.8 Å². The first-order chi connectivity index (χ1) is 11.9. The number of nitrogens with zero attached hydrogens (tertiary/aromatic N) is 1. The van der Waals surface area contributed by atoms with Gasteiger partial charge in [-0.1, -0.05) is 60.7 Å². The average Bonchev–Trinajstić information content (AvgIpc) is 3.09. The molecular formula is C20H23N3O2. The zero-order valence-corrected chi connectivity index (χ0v) is 14.3. The van der Waals surface area contributed by atoms with Gasteiger partial charge < -0.3 is 11.5 Å². The molecule has 2 atom stereocenters. The van der Waals surface area contributed by atoms with E-state index in [4.69, 9.17) is 11.5 Å². The van der Waals surface area contributed by atoms with Gasteiger partial charge in [-0.3, -0.25) is 14.5 Å². The summed E-state index contributed by atoms with van der Waals surface area (Å²) in [4.78, 5) is 25.8. The topological polar surface area (TPSA) is 89.4 Å². The minimum Gasteiger partial charge on any atom is -0.369 e. The molecule has 2 unspecified atom stereocenters. The maximum Gasteiger partial charge on any atom is 0.222 e. The summed E-state index contributed by atoms with van der Waals surface area (Å²) < 4.78 is 0. The minimum atomic E-state index is -0.566. The molecule has 0 aromatic heterocycles. The summed E-state index contributed by atoms with van der Waals surface area (Å²) in [5.41, 5.74) is 12.8. The van der Waals surface area contributed by atoms with Crippen LogP contribution in [0.15, 0.2) is 60.7 Å². The van der Waals surface area contributed by atoms with E-state index < -0.39 is 29.2 Å². The fourth-order valence-electron chi connectivity index (χ4n) is 3.80. The third kappa shape index (κ3) is 3.03. The monoisotopic (exact) mass is 337 g/mol. The molecule has 130 valence electrons. The van der Waals surface area contributed by atoms with Crippen molar-refractivity contribution in [1.82, 2.24) is 4.90 Å². The number of primary amides is 2. The Labute approximate surface area is 147 Å². The highest BCUT2D eigenvalue weighted by Gasteiger charge is 2.47. The van der Waals surface area contributed by atoms with E-state index >= 15 is 0 Å². The van der Waals surface area contributed by atoms with E-state index in [0.717, 1.165) is 11.1 Å². The van der Waals surface area contributed by atoms with Gasteiger partial charge in [0.05, 0.1) is 17.4 Å². The first kappa shape index (κ1) is 17.2. The summed E-state index contributed by atoms with van der Waals surface area (Å²) in [6.07, 6.45) is 0. The van der Waals surface area contributed by atoms with Crippen molar-refractivity contribution in [2.75, 3.05) is 13.1 Å². The molecule has 2 amide bonds. The molecule has 1 saturated heterocycles. The number of carbonyl (C=O) groups excluding carboxylic acids is 2. The maximum absolute atomic E-state index is 11.8. The standard InChI is InChI=1S/C20H23N3O2/c1-20(14-8-4-2-5-9-14,15-10-6-3-7-11-15)23-12-16(18(21)24)17(13-23)19(22)25/h2-11,16-17H,12-13H2,1H3,(H2,21,24)(H2,22,25). The van der Waals surface area contributed by atoms with Crippen molar-refractivity contribution in [3.63, 3.8) is 0 Å². The van der Waals surface area contributed by atoms with Crippen LogP contribution in [0.5, 0.6) is 0 Å². The number of nitrogens with two attached hydrogens (primary N) is 2. The summed E-state index contributed by atoms with van der Waals surface area (Å²) in [5.74, 6) is -2.09. The molecule has 0 radical (unpaired) electrons. The van der Waals surface area contributed by atoms with Crippen molar-refractivity contribution in [2.45, 2.75) is 12.5 Å². The molecule has 0 saturated carbocycles. The van der Waals surface area contributed by atoms with Gasteiger partial charge >= 0.3 is 0 Å². The predicted octanol–water partition coefficient (Wildman–Crippen LogP) is 1.47. The van der Waals surface area contributed by atoms with Crippen LogP contribution in [-0.4, -0.2) is 29.8 Å². The fourth-order valence-corrected chi connectivity index (χ4v) is 3.80. The number of rotatable bonds is 5. The molecule has 0 spiro atoms. The smallest absolute Gasteiger partial charge is 0.222 e. The second kappa shape index (κ2) is 6.69. The molecule has 25 heavy (non-hydrogen) atoms. The van der Waals surface area contributed by atoms with Crippen LogP contribution in [-0.2, 0) is 15.1 Å². The summed E-state index contributed by atoms with van der Waals surface area (Å²) in [5, 5.41) is 0. The van der Waals surface area contributed by atoms with E-state index in [1.807, 2.05) is 36.4 Å². The van der Waals surface area contributed by atoms with Crippen molar-refractivity contribution in [3.8, 4) is 0 Å². The highest BCUT2D eigenvalue weighted by molar-refractivity contribution is 5.87. The molecular weight excluding hydrogens is 314 g/mol. The highest BCUT2D eigenvalue weighted by atomic mass is 16.2. The largest absolute Gasteiger partial charge is 0.369 e. The van der Waals surface area contributed by atoms with Crippen LogP contribution >= 0.6 is 0 Å². The van der Waals surface area contributed by atoms with Crippen molar-refractivity contribution in [1.29, 1.82) is 0 Å². The summed E-state index contributed by atoms with van der Waals surface area (Å²) in [6, 6.07) is 20.1. The lowest BCUT2D eigenvalue weighted by molar-refractivity contribution is -0.129. The lowest BCUT2D eigenvalue weighted by atomic mass is 9.83. The molecule has 2 aromatic carbocycles. The first-order valence-corrected chi connectivity index (χ1v) is 8.39. The lowest BCUT2D eigenvalue weighted by Crippen LogP contribution is -2.44. The van der Waals surface area contributed by atoms with E-state index in [2.05, 4.69) is 36.1 Å². The third-order valence-corrected chi connectivity index (χ3v) is 5.36. The molecule has 1 fully saturated rings. The summed E-state index contributed by atoms with van der Waals surface area (Å²) in [7, 11) is 0. The highest BCUT2D eigenvalue weighted by Crippen LogP contribution is 2.40. The molecule has 5 heteroatoms. The fraction of sp³-hybridized carbons (Fsp3) is 0.300. The van der Waals surface area contributed by atoms with Crippen LogP contribution in [0.25, 0.3) is 0 Å². The number of amides is 2. The van der Waals surface area contributed by atoms with Crippen LogP contribution in [0.2, 0.25) is 0 Å². The van der Waals surface area contributed by atoms with E-state index in [1.54, 1.807) is 0 Å². The molecule has 4 N–H and O–H groups in total. The van der Waals surface area contributed by atoms with E-state index in [1.165, 1.54) is 0 Å². The third-order valence-electron chi connectivity index (χ3n) is 5.36. The van der Waals surface area contributed by atoms with Crippen molar-refractivity contribution in [2.24, 2.45) is 23.3 Å². The zero-order valence-electron chi connectivity index (χ0n) is 14.3. The van der Waals surface area contributed by atoms with Crippen molar-refractivity contribution in [3.05, 3.63) is 71.8 Å². The molecule has 1 aliphatic rings. The number of hydrogen-bond acceptors (Lipinski definition) is 3. The van der Waals surface area contributed by atoms with E-state index in [0.29, 0.717) is 13.1 Å². The second-order valence-corrected chi connectivity index (χ2v) is 6.73. The Kier molecular flexibility index (Phi) is 4.59. The molecule has 5 nitrogen and oxygen atoms in total. The Morgan fingerprint density at radius 3 is 1.52 bits per heavy atom. The van der Waals surface area contributed by atoms with Gasteiger partial charge in [0.25, 0.3) is 0 Å². The Morgan fingerprint density at radius 2 is 1.20 bits per heavy atom. The Balaban J connectivity index is 2.08. The Morgan fingerprint density at radius 1 is 0.840 bits per heavy atom. The number of hydrogen-bond donors (Lipinski definition) is 2. The van der Waals surface area contributed by atoms with Gasteiger partial charge in [-0.2, -0.15) is 0 Å². The number of carbonyl (C=O) groups is 2. The minimum absolute atomic E-state index is 0.406.